The van der Waals surface area contributed by atoms with Crippen LogP contribution in [0, 0.1) is 0 Å². The summed E-state index contributed by atoms with van der Waals surface area (Å²) in [6.45, 7) is 4.84. The molecule has 1 aromatic rings. The normalized spacial score (nSPS) is 23.9. The molecule has 2 saturated heterocycles. The van der Waals surface area contributed by atoms with Gasteiger partial charge in [0.1, 0.15) is 5.75 Å². The van der Waals surface area contributed by atoms with E-state index in [1.54, 1.807) is 0 Å². The fourth-order valence-electron chi connectivity index (χ4n) is 4.47. The van der Waals surface area contributed by atoms with E-state index in [-0.39, 0.29) is 5.41 Å². The molecular weight excluding hydrogens is 312 g/mol. The summed E-state index contributed by atoms with van der Waals surface area (Å²) < 4.78 is 11.6. The van der Waals surface area contributed by atoms with Gasteiger partial charge < -0.3 is 19.3 Å². The van der Waals surface area contributed by atoms with Crippen LogP contribution in [0.3, 0.4) is 0 Å². The molecule has 2 heterocycles. The first-order valence-corrected chi connectivity index (χ1v) is 9.75. The molecule has 0 N–H and O–H groups in total. The summed E-state index contributed by atoms with van der Waals surface area (Å²) >= 11 is 0. The zero-order valence-corrected chi connectivity index (χ0v) is 16.2. The van der Waals surface area contributed by atoms with Gasteiger partial charge in [-0.05, 0) is 77.5 Å². The van der Waals surface area contributed by atoms with Gasteiger partial charge in [-0.2, -0.15) is 0 Å². The van der Waals surface area contributed by atoms with Gasteiger partial charge >= 0.3 is 0 Å². The molecule has 2 fully saturated rings. The lowest BCUT2D eigenvalue weighted by Gasteiger charge is -2.39. The van der Waals surface area contributed by atoms with Gasteiger partial charge in [0.05, 0.1) is 6.61 Å². The van der Waals surface area contributed by atoms with Crippen LogP contribution in [0.25, 0.3) is 0 Å². The van der Waals surface area contributed by atoms with E-state index in [0.29, 0.717) is 6.04 Å². The molecule has 2 aliphatic heterocycles. The van der Waals surface area contributed by atoms with Crippen molar-refractivity contribution in [3.63, 3.8) is 0 Å². The Morgan fingerprint density at radius 1 is 1.20 bits per heavy atom. The fourth-order valence-corrected chi connectivity index (χ4v) is 4.47. The molecule has 0 aliphatic carbocycles. The van der Waals surface area contributed by atoms with E-state index in [1.807, 2.05) is 0 Å². The first-order valence-electron chi connectivity index (χ1n) is 9.75. The van der Waals surface area contributed by atoms with Crippen LogP contribution in [0.2, 0.25) is 0 Å². The lowest BCUT2D eigenvalue weighted by Crippen LogP contribution is -2.42. The van der Waals surface area contributed by atoms with Gasteiger partial charge in [-0.1, -0.05) is 12.1 Å². The lowest BCUT2D eigenvalue weighted by atomic mass is 9.74. The monoisotopic (exact) mass is 346 g/mol. The predicted octanol–water partition coefficient (Wildman–Crippen LogP) is 3.16. The molecule has 3 rings (SSSR count). The average Bonchev–Trinajstić information content (AvgIpc) is 3.01. The van der Waals surface area contributed by atoms with E-state index in [2.05, 4.69) is 55.2 Å². The molecule has 0 saturated carbocycles. The minimum absolute atomic E-state index is 0.215. The molecule has 0 spiro atoms. The second kappa shape index (κ2) is 8.52. The second-order valence-electron chi connectivity index (χ2n) is 8.07. The Morgan fingerprint density at radius 3 is 2.52 bits per heavy atom. The molecular formula is C21H34N2O2. The van der Waals surface area contributed by atoms with Crippen molar-refractivity contribution < 1.29 is 9.47 Å². The van der Waals surface area contributed by atoms with E-state index in [4.69, 9.17) is 9.47 Å². The molecule has 0 radical (unpaired) electrons. The second-order valence-corrected chi connectivity index (χ2v) is 8.07. The molecule has 4 nitrogen and oxygen atoms in total. The van der Waals surface area contributed by atoms with E-state index >= 15 is 0 Å². The molecule has 1 aromatic carbocycles. The number of likely N-dealkylation sites (N-methyl/N-ethyl adjacent to an activating group) is 1. The van der Waals surface area contributed by atoms with Crippen LogP contribution in [0.4, 0.5) is 0 Å². The maximum Gasteiger partial charge on any atom is 0.119 e. The van der Waals surface area contributed by atoms with Crippen molar-refractivity contribution in [3.05, 3.63) is 29.8 Å². The number of nitrogens with zero attached hydrogens (tertiary/aromatic N) is 2. The van der Waals surface area contributed by atoms with Gasteiger partial charge in [-0.3, -0.25) is 0 Å². The Balaban J connectivity index is 1.58. The number of hydrogen-bond donors (Lipinski definition) is 0. The maximum absolute atomic E-state index is 6.01. The van der Waals surface area contributed by atoms with Gasteiger partial charge in [-0.15, -0.1) is 0 Å². The highest BCUT2D eigenvalue weighted by Gasteiger charge is 2.34. The van der Waals surface area contributed by atoms with Crippen molar-refractivity contribution >= 4 is 0 Å². The third-order valence-electron chi connectivity index (χ3n) is 5.93. The third kappa shape index (κ3) is 4.75. The highest BCUT2D eigenvalue weighted by Crippen LogP contribution is 2.36. The van der Waals surface area contributed by atoms with Gasteiger partial charge in [0.15, 0.2) is 0 Å². The number of rotatable bonds is 7. The number of ether oxygens (including phenoxy) is 2. The van der Waals surface area contributed by atoms with E-state index in [0.717, 1.165) is 51.4 Å². The topological polar surface area (TPSA) is 24.9 Å². The maximum atomic E-state index is 6.01. The Bertz CT molecular complexity index is 523. The molecule has 0 aromatic heterocycles. The highest BCUT2D eigenvalue weighted by molar-refractivity contribution is 5.33. The van der Waals surface area contributed by atoms with Crippen molar-refractivity contribution in [3.8, 4) is 5.75 Å². The van der Waals surface area contributed by atoms with Crippen LogP contribution >= 0.6 is 0 Å². The predicted molar refractivity (Wildman–Crippen MR) is 102 cm³/mol. The summed E-state index contributed by atoms with van der Waals surface area (Å²) in [4.78, 5) is 4.76. The summed E-state index contributed by atoms with van der Waals surface area (Å²) in [5, 5.41) is 0. The SMILES string of the molecule is CN(C)CC1(c2ccc(OCCC3CCCN3C)cc2)CCOCC1. The van der Waals surface area contributed by atoms with Crippen molar-refractivity contribution in [1.82, 2.24) is 9.80 Å². The first kappa shape index (κ1) is 18.7. The standard InChI is InChI=1S/C21H34N2O2/c1-22(2)17-21(11-15-24-16-12-21)18-6-8-20(9-7-18)25-14-10-19-5-4-13-23(19)3/h6-9,19H,4-5,10-17H2,1-3H3. The largest absolute Gasteiger partial charge is 0.494 e. The van der Waals surface area contributed by atoms with Crippen molar-refractivity contribution in [1.29, 1.82) is 0 Å². The van der Waals surface area contributed by atoms with Gasteiger partial charge in [0.25, 0.3) is 0 Å². The van der Waals surface area contributed by atoms with Gasteiger partial charge in [0.2, 0.25) is 0 Å². The molecule has 0 amide bonds. The van der Waals surface area contributed by atoms with Crippen LogP contribution in [-0.4, -0.2) is 69.9 Å². The zero-order valence-electron chi connectivity index (χ0n) is 16.2. The number of hydrogen-bond acceptors (Lipinski definition) is 4. The molecule has 4 heteroatoms. The Kier molecular flexibility index (Phi) is 6.37. The van der Waals surface area contributed by atoms with Crippen molar-refractivity contribution in [2.75, 3.05) is 54.1 Å². The minimum Gasteiger partial charge on any atom is -0.494 e. The van der Waals surface area contributed by atoms with Crippen LogP contribution < -0.4 is 4.74 Å². The number of likely N-dealkylation sites (tertiary alicyclic amines) is 1. The number of benzene rings is 1. The smallest absolute Gasteiger partial charge is 0.119 e. The lowest BCUT2D eigenvalue weighted by molar-refractivity contribution is 0.0401. The minimum atomic E-state index is 0.215. The zero-order chi connectivity index (χ0) is 17.7. The van der Waals surface area contributed by atoms with Crippen LogP contribution in [0.1, 0.15) is 37.7 Å². The van der Waals surface area contributed by atoms with Crippen LogP contribution in [-0.2, 0) is 10.2 Å². The van der Waals surface area contributed by atoms with Crippen molar-refractivity contribution in [2.24, 2.45) is 0 Å². The first-order chi connectivity index (χ1) is 12.1. The molecule has 25 heavy (non-hydrogen) atoms. The Hall–Kier alpha value is -1.10. The summed E-state index contributed by atoms with van der Waals surface area (Å²) in [6, 6.07) is 9.55. The summed E-state index contributed by atoms with van der Waals surface area (Å²) in [5.41, 5.74) is 1.64. The third-order valence-corrected chi connectivity index (χ3v) is 5.93. The molecule has 0 bridgehead atoms. The van der Waals surface area contributed by atoms with Gasteiger partial charge in [0, 0.05) is 31.2 Å². The average molecular weight is 347 g/mol. The fraction of sp³-hybridized carbons (Fsp3) is 0.714. The summed E-state index contributed by atoms with van der Waals surface area (Å²) in [7, 11) is 6.55. The van der Waals surface area contributed by atoms with Crippen LogP contribution in [0.5, 0.6) is 5.75 Å². The molecule has 140 valence electrons. The quantitative estimate of drug-likeness (QED) is 0.757. The molecule has 1 unspecified atom stereocenters. The molecule has 2 aliphatic rings. The van der Waals surface area contributed by atoms with Gasteiger partial charge in [-0.25, -0.2) is 0 Å². The van der Waals surface area contributed by atoms with E-state index in [9.17, 15) is 0 Å². The summed E-state index contributed by atoms with van der Waals surface area (Å²) in [5.74, 6) is 0.997. The van der Waals surface area contributed by atoms with E-state index < -0.39 is 0 Å². The summed E-state index contributed by atoms with van der Waals surface area (Å²) in [6.07, 6.45) is 5.96. The van der Waals surface area contributed by atoms with Crippen LogP contribution in [0.15, 0.2) is 24.3 Å². The van der Waals surface area contributed by atoms with E-state index in [1.165, 1.54) is 24.9 Å². The Morgan fingerprint density at radius 2 is 1.92 bits per heavy atom. The highest BCUT2D eigenvalue weighted by atomic mass is 16.5. The van der Waals surface area contributed by atoms with Crippen molar-refractivity contribution in [2.45, 2.75) is 43.6 Å². The Labute approximate surface area is 153 Å². The molecule has 1 atom stereocenters.